The molecule has 0 aliphatic carbocycles. The maximum absolute atomic E-state index is 5.02. The lowest BCUT2D eigenvalue weighted by Gasteiger charge is -2.10. The van der Waals surface area contributed by atoms with Crippen molar-refractivity contribution in [2.24, 2.45) is 0 Å². The second-order valence-electron chi connectivity index (χ2n) is 6.41. The van der Waals surface area contributed by atoms with Crippen molar-refractivity contribution in [3.8, 4) is 11.3 Å². The Kier molecular flexibility index (Phi) is 8.74. The predicted octanol–water partition coefficient (Wildman–Crippen LogP) is 8.17. The molecule has 0 saturated carbocycles. The minimum Gasteiger partial charge on any atom is -0.361 e. The van der Waals surface area contributed by atoms with Crippen LogP contribution in [0.4, 0.5) is 0 Å². The van der Waals surface area contributed by atoms with Gasteiger partial charge in [0.2, 0.25) is 0 Å². The maximum atomic E-state index is 5.02. The summed E-state index contributed by atoms with van der Waals surface area (Å²) in [6.07, 6.45) is 6.73. The first kappa shape index (κ1) is 21.7. The van der Waals surface area contributed by atoms with Crippen LogP contribution >= 0.6 is 0 Å². The Morgan fingerprint density at radius 1 is 0.821 bits per heavy atom. The highest BCUT2D eigenvalue weighted by molar-refractivity contribution is 5.90. The minimum absolute atomic E-state index is 1.05. The molecular formula is C26H34N2. The fourth-order valence-corrected chi connectivity index (χ4v) is 3.36. The van der Waals surface area contributed by atoms with Gasteiger partial charge in [0, 0.05) is 33.7 Å². The average molecular weight is 375 g/mol. The van der Waals surface area contributed by atoms with E-state index in [2.05, 4.69) is 66.5 Å². The highest BCUT2D eigenvalue weighted by Crippen LogP contribution is 2.28. The van der Waals surface area contributed by atoms with Gasteiger partial charge < -0.3 is 4.98 Å². The monoisotopic (exact) mass is 374 g/mol. The zero-order valence-corrected chi connectivity index (χ0v) is 18.0. The number of fused-ring (bicyclic) bond motifs is 2. The van der Waals surface area contributed by atoms with Crippen LogP contribution in [-0.2, 0) is 6.42 Å². The van der Waals surface area contributed by atoms with E-state index >= 15 is 0 Å². The normalized spacial score (nSPS) is 10.2. The third kappa shape index (κ3) is 5.01. The molecule has 1 N–H and O–H groups in total. The van der Waals surface area contributed by atoms with Crippen LogP contribution in [0.25, 0.3) is 32.9 Å². The summed E-state index contributed by atoms with van der Waals surface area (Å²) in [5, 5.41) is 3.80. The number of rotatable bonds is 5. The van der Waals surface area contributed by atoms with Gasteiger partial charge in [0.1, 0.15) is 0 Å². The molecule has 0 spiro atoms. The van der Waals surface area contributed by atoms with Gasteiger partial charge in [0.25, 0.3) is 0 Å². The van der Waals surface area contributed by atoms with Gasteiger partial charge in [-0.1, -0.05) is 77.8 Å². The van der Waals surface area contributed by atoms with Crippen LogP contribution in [-0.4, -0.2) is 9.97 Å². The number of hydrogen-bond acceptors (Lipinski definition) is 1. The summed E-state index contributed by atoms with van der Waals surface area (Å²) in [6, 6.07) is 19.5. The summed E-state index contributed by atoms with van der Waals surface area (Å²) in [7, 11) is 0. The van der Waals surface area contributed by atoms with E-state index in [4.69, 9.17) is 4.98 Å². The molecule has 0 amide bonds. The molecule has 0 aliphatic rings. The molecule has 28 heavy (non-hydrogen) atoms. The van der Waals surface area contributed by atoms with Crippen molar-refractivity contribution < 1.29 is 0 Å². The molecule has 0 saturated heterocycles. The third-order valence-corrected chi connectivity index (χ3v) is 4.69. The Balaban J connectivity index is 0.000000660. The van der Waals surface area contributed by atoms with Crippen molar-refractivity contribution >= 4 is 21.7 Å². The Bertz CT molecular complexity index is 982. The Hall–Kier alpha value is -2.61. The van der Waals surface area contributed by atoms with Gasteiger partial charge >= 0.3 is 0 Å². The summed E-state index contributed by atoms with van der Waals surface area (Å²) in [4.78, 5) is 8.28. The van der Waals surface area contributed by atoms with Gasteiger partial charge in [0.15, 0.2) is 0 Å². The molecule has 0 atom stereocenters. The predicted molar refractivity (Wildman–Crippen MR) is 125 cm³/mol. The number of benzene rings is 2. The van der Waals surface area contributed by atoms with Gasteiger partial charge in [-0.2, -0.15) is 0 Å². The van der Waals surface area contributed by atoms with E-state index in [1.807, 2.05) is 33.9 Å². The zero-order valence-electron chi connectivity index (χ0n) is 18.0. The number of nitrogens with one attached hydrogen (secondary N) is 1. The molecule has 4 aromatic rings. The number of aromatic nitrogens is 2. The van der Waals surface area contributed by atoms with Crippen LogP contribution in [0.1, 0.15) is 59.6 Å². The number of aromatic amines is 1. The maximum Gasteiger partial charge on any atom is 0.0711 e. The molecule has 2 aromatic carbocycles. The van der Waals surface area contributed by atoms with Crippen molar-refractivity contribution in [3.63, 3.8) is 0 Å². The zero-order chi connectivity index (χ0) is 20.4. The van der Waals surface area contributed by atoms with Crippen molar-refractivity contribution in [2.75, 3.05) is 0 Å². The second kappa shape index (κ2) is 11.3. The van der Waals surface area contributed by atoms with Crippen LogP contribution in [0.5, 0.6) is 0 Å². The van der Waals surface area contributed by atoms with E-state index in [1.54, 1.807) is 0 Å². The van der Waals surface area contributed by atoms with E-state index in [1.165, 1.54) is 52.2 Å². The van der Waals surface area contributed by atoms with Gasteiger partial charge in [-0.25, -0.2) is 0 Å². The SMILES string of the molecule is CC.CC.CCCCCc1nc(-c2ccc3[nH]ccc3c2)cc2ccccc12. The molecule has 0 unspecified atom stereocenters. The van der Waals surface area contributed by atoms with Gasteiger partial charge in [-0.15, -0.1) is 0 Å². The highest BCUT2D eigenvalue weighted by Gasteiger charge is 2.08. The van der Waals surface area contributed by atoms with Crippen LogP contribution in [0.2, 0.25) is 0 Å². The highest BCUT2D eigenvalue weighted by atomic mass is 14.7. The number of H-pyrrole nitrogens is 1. The Morgan fingerprint density at radius 2 is 1.61 bits per heavy atom. The first-order valence-electron chi connectivity index (χ1n) is 10.8. The number of nitrogens with zero attached hydrogens (tertiary/aromatic N) is 1. The van der Waals surface area contributed by atoms with Crippen molar-refractivity contribution in [3.05, 3.63) is 66.5 Å². The lowest BCUT2D eigenvalue weighted by atomic mass is 10.0. The van der Waals surface area contributed by atoms with Crippen molar-refractivity contribution in [1.82, 2.24) is 9.97 Å². The molecule has 2 heterocycles. The van der Waals surface area contributed by atoms with Crippen LogP contribution in [0.15, 0.2) is 60.8 Å². The van der Waals surface area contributed by atoms with Gasteiger partial charge in [-0.05, 0) is 42.5 Å². The largest absolute Gasteiger partial charge is 0.361 e. The topological polar surface area (TPSA) is 28.7 Å². The number of pyridine rings is 1. The quantitative estimate of drug-likeness (QED) is 0.351. The smallest absolute Gasteiger partial charge is 0.0711 e. The van der Waals surface area contributed by atoms with Crippen LogP contribution in [0, 0.1) is 0 Å². The molecule has 0 bridgehead atoms. The van der Waals surface area contributed by atoms with Gasteiger partial charge in [-0.3, -0.25) is 4.98 Å². The molecular weight excluding hydrogens is 340 g/mol. The van der Waals surface area contributed by atoms with Crippen molar-refractivity contribution in [1.29, 1.82) is 0 Å². The first-order chi connectivity index (χ1) is 13.8. The summed E-state index contributed by atoms with van der Waals surface area (Å²) in [5.74, 6) is 0. The minimum atomic E-state index is 1.05. The molecule has 0 aliphatic heterocycles. The van der Waals surface area contributed by atoms with E-state index in [0.29, 0.717) is 0 Å². The standard InChI is InChI=1S/C22H22N2.2C2H6/c1-2-3-4-9-21-19-8-6-5-7-16(19)15-22(24-21)17-10-11-20-18(14-17)12-13-23-20;2*1-2/h5-8,10-15,23H,2-4,9H2,1H3;2*1-2H3. The summed E-state index contributed by atoms with van der Waals surface area (Å²) in [6.45, 7) is 10.2. The first-order valence-corrected chi connectivity index (χ1v) is 10.8. The summed E-state index contributed by atoms with van der Waals surface area (Å²) in [5.41, 5.74) is 4.65. The Morgan fingerprint density at radius 3 is 2.39 bits per heavy atom. The van der Waals surface area contributed by atoms with Gasteiger partial charge in [0.05, 0.1) is 5.69 Å². The Labute approximate surface area is 170 Å². The fourth-order valence-electron chi connectivity index (χ4n) is 3.36. The number of hydrogen-bond donors (Lipinski definition) is 1. The number of unbranched alkanes of at least 4 members (excludes halogenated alkanes) is 2. The molecule has 148 valence electrons. The fraction of sp³-hybridized carbons (Fsp3) is 0.346. The summed E-state index contributed by atoms with van der Waals surface area (Å²) >= 11 is 0. The van der Waals surface area contributed by atoms with E-state index in [-0.39, 0.29) is 0 Å². The second-order valence-corrected chi connectivity index (χ2v) is 6.41. The molecule has 2 nitrogen and oxygen atoms in total. The molecule has 0 fully saturated rings. The molecule has 2 heteroatoms. The van der Waals surface area contributed by atoms with E-state index in [0.717, 1.165) is 12.1 Å². The van der Waals surface area contributed by atoms with E-state index < -0.39 is 0 Å². The van der Waals surface area contributed by atoms with Crippen LogP contribution < -0.4 is 0 Å². The van der Waals surface area contributed by atoms with E-state index in [9.17, 15) is 0 Å². The number of aryl methyl sites for hydroxylation is 1. The lowest BCUT2D eigenvalue weighted by Crippen LogP contribution is -1.95. The lowest BCUT2D eigenvalue weighted by molar-refractivity contribution is 0.711. The molecule has 2 aromatic heterocycles. The summed E-state index contributed by atoms with van der Waals surface area (Å²) < 4.78 is 0. The molecule has 0 radical (unpaired) electrons. The van der Waals surface area contributed by atoms with Crippen molar-refractivity contribution in [2.45, 2.75) is 60.3 Å². The third-order valence-electron chi connectivity index (χ3n) is 4.69. The molecule has 4 rings (SSSR count). The average Bonchev–Trinajstić information content (AvgIpc) is 3.24. The van der Waals surface area contributed by atoms with Crippen LogP contribution in [0.3, 0.4) is 0 Å².